The van der Waals surface area contributed by atoms with Crippen molar-refractivity contribution >= 4 is 16.0 Å². The van der Waals surface area contributed by atoms with Gasteiger partial charge in [0.2, 0.25) is 0 Å². The van der Waals surface area contributed by atoms with Crippen LogP contribution in [0.25, 0.3) is 0 Å². The predicted octanol–water partition coefficient (Wildman–Crippen LogP) is 0.961. The molecule has 0 aliphatic rings. The second kappa shape index (κ2) is 5.87. The average Bonchev–Trinajstić information content (AvgIpc) is 2.92. The molecular weight excluding hydrogens is 284 g/mol. The van der Waals surface area contributed by atoms with Crippen LogP contribution in [0, 0.1) is 0 Å². The van der Waals surface area contributed by atoms with Crippen LogP contribution in [-0.4, -0.2) is 19.5 Å². The van der Waals surface area contributed by atoms with Crippen LogP contribution < -0.4 is 10.3 Å². The fourth-order valence-corrected chi connectivity index (χ4v) is 2.41. The lowest BCUT2D eigenvalue weighted by Gasteiger charge is -2.07. The van der Waals surface area contributed by atoms with E-state index < -0.39 is 16.0 Å². The van der Waals surface area contributed by atoms with Crippen molar-refractivity contribution in [3.05, 3.63) is 54.0 Å². The fourth-order valence-electron chi connectivity index (χ4n) is 1.49. The zero-order chi connectivity index (χ0) is 14.6. The highest BCUT2D eigenvalue weighted by Crippen LogP contribution is 2.11. The van der Waals surface area contributed by atoms with Crippen molar-refractivity contribution in [1.82, 2.24) is 10.3 Å². The molecule has 0 bridgehead atoms. The Labute approximate surface area is 115 Å². The predicted molar refractivity (Wildman–Crippen MR) is 69.3 cm³/mol. The van der Waals surface area contributed by atoms with Crippen molar-refractivity contribution in [2.24, 2.45) is 0 Å². The lowest BCUT2D eigenvalue weighted by Crippen LogP contribution is -2.36. The lowest BCUT2D eigenvalue weighted by molar-refractivity contribution is 0.0696. The summed E-state index contributed by atoms with van der Waals surface area (Å²) in [5, 5.41) is 8.83. The van der Waals surface area contributed by atoms with Crippen LogP contribution in [0.15, 0.2) is 52.0 Å². The monoisotopic (exact) mass is 296 g/mol. The minimum atomic E-state index is -3.84. The summed E-state index contributed by atoms with van der Waals surface area (Å²) in [5.74, 6) is -0.627. The molecule has 106 valence electrons. The summed E-state index contributed by atoms with van der Waals surface area (Å²) in [6.07, 6.45) is 1.47. The van der Waals surface area contributed by atoms with Gasteiger partial charge in [-0.05, 0) is 30.3 Å². The Balaban J connectivity index is 2.06. The molecule has 20 heavy (non-hydrogen) atoms. The number of carbonyl (C=O) groups is 1. The molecule has 1 heterocycles. The highest BCUT2D eigenvalue weighted by Gasteiger charge is 2.15. The molecular formula is C12H12N2O5S. The summed E-state index contributed by atoms with van der Waals surface area (Å²) in [7, 11) is -3.84. The second-order valence-electron chi connectivity index (χ2n) is 3.87. The number of hydrogen-bond donors (Lipinski definition) is 3. The smallest absolute Gasteiger partial charge is 0.335 e. The van der Waals surface area contributed by atoms with Crippen molar-refractivity contribution in [3.63, 3.8) is 0 Å². The van der Waals surface area contributed by atoms with E-state index in [1.165, 1.54) is 24.5 Å². The molecule has 1 aromatic carbocycles. The summed E-state index contributed by atoms with van der Waals surface area (Å²) in [6.45, 7) is 0.171. The SMILES string of the molecule is O=C(O)c1cccc(S(=O)(=O)NNCc2ccco2)c1. The average molecular weight is 296 g/mol. The second-order valence-corrected chi connectivity index (χ2v) is 5.55. The number of hydrazine groups is 1. The normalized spacial score (nSPS) is 11.4. The van der Waals surface area contributed by atoms with Gasteiger partial charge in [0.15, 0.2) is 0 Å². The van der Waals surface area contributed by atoms with Crippen molar-refractivity contribution in [2.45, 2.75) is 11.4 Å². The van der Waals surface area contributed by atoms with Gasteiger partial charge < -0.3 is 9.52 Å². The van der Waals surface area contributed by atoms with Crippen LogP contribution >= 0.6 is 0 Å². The van der Waals surface area contributed by atoms with Gasteiger partial charge in [-0.3, -0.25) is 0 Å². The van der Waals surface area contributed by atoms with Gasteiger partial charge in [-0.1, -0.05) is 6.07 Å². The van der Waals surface area contributed by atoms with Crippen LogP contribution in [0.4, 0.5) is 0 Å². The molecule has 7 nitrogen and oxygen atoms in total. The molecule has 8 heteroatoms. The van der Waals surface area contributed by atoms with Crippen molar-refractivity contribution in [3.8, 4) is 0 Å². The van der Waals surface area contributed by atoms with Gasteiger partial charge in [-0.2, -0.15) is 0 Å². The van der Waals surface area contributed by atoms with Crippen molar-refractivity contribution in [2.75, 3.05) is 0 Å². The number of nitrogens with one attached hydrogen (secondary N) is 2. The summed E-state index contributed by atoms with van der Waals surface area (Å²) in [4.78, 5) is 12.8. The lowest BCUT2D eigenvalue weighted by atomic mass is 10.2. The number of sulfonamides is 1. The summed E-state index contributed by atoms with van der Waals surface area (Å²) in [6, 6.07) is 8.44. The number of benzene rings is 1. The number of carboxylic acids is 1. The zero-order valence-corrected chi connectivity index (χ0v) is 11.1. The molecule has 0 fully saturated rings. The first-order chi connectivity index (χ1) is 9.49. The van der Waals surface area contributed by atoms with E-state index in [0.717, 1.165) is 6.07 Å². The maximum Gasteiger partial charge on any atom is 0.335 e. The van der Waals surface area contributed by atoms with Crippen LogP contribution in [0.2, 0.25) is 0 Å². The summed E-state index contributed by atoms with van der Waals surface area (Å²) >= 11 is 0. The minimum absolute atomic E-state index is 0.0982. The Hall–Kier alpha value is -2.16. The van der Waals surface area contributed by atoms with Gasteiger partial charge in [0.25, 0.3) is 10.0 Å². The van der Waals surface area contributed by atoms with Gasteiger partial charge >= 0.3 is 5.97 Å². The van der Waals surface area contributed by atoms with E-state index in [-0.39, 0.29) is 17.0 Å². The molecule has 0 saturated heterocycles. The van der Waals surface area contributed by atoms with E-state index in [2.05, 4.69) is 10.3 Å². The largest absolute Gasteiger partial charge is 0.478 e. The van der Waals surface area contributed by atoms with Crippen molar-refractivity contribution in [1.29, 1.82) is 0 Å². The maximum absolute atomic E-state index is 11.9. The topological polar surface area (TPSA) is 109 Å². The van der Waals surface area contributed by atoms with Gasteiger partial charge in [0, 0.05) is 0 Å². The van der Waals surface area contributed by atoms with Crippen LogP contribution in [-0.2, 0) is 16.6 Å². The number of furan rings is 1. The van der Waals surface area contributed by atoms with E-state index in [1.807, 2.05) is 0 Å². The number of hydrogen-bond acceptors (Lipinski definition) is 5. The molecule has 2 rings (SSSR count). The molecule has 3 N–H and O–H groups in total. The summed E-state index contributed by atoms with van der Waals surface area (Å²) in [5.41, 5.74) is 2.40. The maximum atomic E-state index is 11.9. The molecule has 1 aromatic heterocycles. The van der Waals surface area contributed by atoms with E-state index in [9.17, 15) is 13.2 Å². The summed E-state index contributed by atoms with van der Waals surface area (Å²) < 4.78 is 28.9. The Morgan fingerprint density at radius 2 is 2.05 bits per heavy atom. The molecule has 0 atom stereocenters. The Morgan fingerprint density at radius 3 is 2.70 bits per heavy atom. The first-order valence-corrected chi connectivity index (χ1v) is 7.08. The molecule has 0 unspecified atom stereocenters. The number of carboxylic acid groups (broad SMARTS) is 1. The van der Waals surface area contributed by atoms with Crippen LogP contribution in [0.1, 0.15) is 16.1 Å². The quantitative estimate of drug-likeness (QED) is 0.685. The number of rotatable bonds is 6. The Bertz CT molecular complexity index is 694. The molecule has 0 saturated carbocycles. The van der Waals surface area contributed by atoms with Crippen LogP contribution in [0.5, 0.6) is 0 Å². The molecule has 0 aliphatic carbocycles. The Kier molecular flexibility index (Phi) is 4.18. The minimum Gasteiger partial charge on any atom is -0.478 e. The van der Waals surface area contributed by atoms with E-state index >= 15 is 0 Å². The first-order valence-electron chi connectivity index (χ1n) is 5.59. The molecule has 0 radical (unpaired) electrons. The van der Waals surface area contributed by atoms with E-state index in [0.29, 0.717) is 5.76 Å². The third kappa shape index (κ3) is 3.44. The molecule has 0 spiro atoms. The van der Waals surface area contributed by atoms with Crippen molar-refractivity contribution < 1.29 is 22.7 Å². The standard InChI is InChI=1S/C12H12N2O5S/c15-12(16)9-3-1-5-11(7-9)20(17,18)14-13-8-10-4-2-6-19-10/h1-7,13-14H,8H2,(H,15,16). The van der Waals surface area contributed by atoms with Gasteiger partial charge in [-0.15, -0.1) is 4.83 Å². The molecule has 0 aliphatic heterocycles. The van der Waals surface area contributed by atoms with Crippen LogP contribution in [0.3, 0.4) is 0 Å². The van der Waals surface area contributed by atoms with E-state index in [4.69, 9.17) is 9.52 Å². The third-order valence-corrected chi connectivity index (χ3v) is 3.73. The zero-order valence-electron chi connectivity index (χ0n) is 10.2. The van der Waals surface area contributed by atoms with Gasteiger partial charge in [-0.25, -0.2) is 18.6 Å². The van der Waals surface area contributed by atoms with Gasteiger partial charge in [0.05, 0.1) is 23.3 Å². The fraction of sp³-hybridized carbons (Fsp3) is 0.0833. The number of aromatic carboxylic acids is 1. The first kappa shape index (κ1) is 14.3. The molecule has 2 aromatic rings. The highest BCUT2D eigenvalue weighted by molar-refractivity contribution is 7.89. The van der Waals surface area contributed by atoms with E-state index in [1.54, 1.807) is 12.1 Å². The van der Waals surface area contributed by atoms with Gasteiger partial charge in [0.1, 0.15) is 5.76 Å². The third-order valence-electron chi connectivity index (χ3n) is 2.44. The molecule has 0 amide bonds. The highest BCUT2D eigenvalue weighted by atomic mass is 32.2. The Morgan fingerprint density at radius 1 is 1.25 bits per heavy atom.